The van der Waals surface area contributed by atoms with Gasteiger partial charge < -0.3 is 10.1 Å². The summed E-state index contributed by atoms with van der Waals surface area (Å²) in [6.45, 7) is 1.62. The number of amides is 1. The number of carbonyl (C=O) groups is 1. The molecule has 4 nitrogen and oxygen atoms in total. The first-order chi connectivity index (χ1) is 10.1. The van der Waals surface area contributed by atoms with Crippen molar-refractivity contribution >= 4 is 11.6 Å². The van der Waals surface area contributed by atoms with Gasteiger partial charge in [-0.2, -0.15) is 5.26 Å². The van der Waals surface area contributed by atoms with Gasteiger partial charge in [0.15, 0.2) is 6.61 Å². The van der Waals surface area contributed by atoms with E-state index in [0.29, 0.717) is 5.69 Å². The van der Waals surface area contributed by atoms with Crippen LogP contribution in [0.25, 0.3) is 0 Å². The number of halogens is 1. The molecule has 0 aromatic heterocycles. The molecule has 0 aliphatic carbocycles. The molecule has 0 heterocycles. The fourth-order valence-electron chi connectivity index (χ4n) is 1.80. The summed E-state index contributed by atoms with van der Waals surface area (Å²) in [6, 6.07) is 13.1. The number of nitrogens with one attached hydrogen (secondary N) is 1. The minimum absolute atomic E-state index is 0.0527. The Kier molecular flexibility index (Phi) is 4.52. The molecule has 0 bridgehead atoms. The number of ether oxygens (including phenoxy) is 1. The standard InChI is InChI=1S/C16H13FN2O2/c1-11-4-2-5-12(8-11)19-16(20)10-21-15-7-3-6-14(17)13(15)9-18/h2-8H,10H2,1H3,(H,19,20). The van der Waals surface area contributed by atoms with Crippen LogP contribution in [-0.2, 0) is 4.79 Å². The first-order valence-electron chi connectivity index (χ1n) is 6.28. The third kappa shape index (κ3) is 3.80. The Labute approximate surface area is 121 Å². The zero-order valence-corrected chi connectivity index (χ0v) is 11.4. The van der Waals surface area contributed by atoms with Crippen LogP contribution in [0.4, 0.5) is 10.1 Å². The predicted molar refractivity (Wildman–Crippen MR) is 76.4 cm³/mol. The molecule has 1 amide bonds. The van der Waals surface area contributed by atoms with Crippen LogP contribution in [0.2, 0.25) is 0 Å². The van der Waals surface area contributed by atoms with Crippen molar-refractivity contribution in [3.63, 3.8) is 0 Å². The van der Waals surface area contributed by atoms with Crippen LogP contribution in [0.5, 0.6) is 5.75 Å². The Hall–Kier alpha value is -2.87. The van der Waals surface area contributed by atoms with E-state index >= 15 is 0 Å². The van der Waals surface area contributed by atoms with E-state index in [4.69, 9.17) is 10.00 Å². The molecule has 0 spiro atoms. The normalized spacial score (nSPS) is 9.76. The lowest BCUT2D eigenvalue weighted by Gasteiger charge is -2.09. The van der Waals surface area contributed by atoms with Gasteiger partial charge in [0.25, 0.3) is 5.91 Å². The second-order valence-electron chi connectivity index (χ2n) is 4.43. The second kappa shape index (κ2) is 6.53. The van der Waals surface area contributed by atoms with Gasteiger partial charge in [0.2, 0.25) is 0 Å². The highest BCUT2D eigenvalue weighted by molar-refractivity contribution is 5.91. The molecule has 2 rings (SSSR count). The summed E-state index contributed by atoms with van der Waals surface area (Å²) in [4.78, 5) is 11.8. The number of benzene rings is 2. The minimum atomic E-state index is -0.672. The molecule has 0 unspecified atom stereocenters. The number of rotatable bonds is 4. The fourth-order valence-corrected chi connectivity index (χ4v) is 1.80. The molecule has 5 heteroatoms. The topological polar surface area (TPSA) is 62.1 Å². The van der Waals surface area contributed by atoms with Crippen LogP contribution in [0.3, 0.4) is 0 Å². The predicted octanol–water partition coefficient (Wildman–Crippen LogP) is 3.02. The van der Waals surface area contributed by atoms with E-state index in [2.05, 4.69) is 5.32 Å². The lowest BCUT2D eigenvalue weighted by molar-refractivity contribution is -0.118. The van der Waals surface area contributed by atoms with Crippen LogP contribution in [0.15, 0.2) is 42.5 Å². The van der Waals surface area contributed by atoms with Crippen LogP contribution in [0.1, 0.15) is 11.1 Å². The van der Waals surface area contributed by atoms with E-state index in [9.17, 15) is 9.18 Å². The van der Waals surface area contributed by atoms with Gasteiger partial charge in [0.05, 0.1) is 0 Å². The molecule has 0 aliphatic heterocycles. The lowest BCUT2D eigenvalue weighted by atomic mass is 10.2. The van der Waals surface area contributed by atoms with E-state index in [0.717, 1.165) is 11.6 Å². The summed E-state index contributed by atoms with van der Waals surface area (Å²) >= 11 is 0. The molecular weight excluding hydrogens is 271 g/mol. The summed E-state index contributed by atoms with van der Waals surface area (Å²) in [5.74, 6) is -1.00. The summed E-state index contributed by atoms with van der Waals surface area (Å²) < 4.78 is 18.6. The summed E-state index contributed by atoms with van der Waals surface area (Å²) in [5, 5.41) is 11.5. The number of carbonyl (C=O) groups excluding carboxylic acids is 1. The van der Waals surface area contributed by atoms with Gasteiger partial charge in [-0.1, -0.05) is 18.2 Å². The van der Waals surface area contributed by atoms with Crippen LogP contribution < -0.4 is 10.1 Å². The molecule has 21 heavy (non-hydrogen) atoms. The molecule has 2 aromatic carbocycles. The number of aryl methyl sites for hydroxylation is 1. The number of nitrogens with zero attached hydrogens (tertiary/aromatic N) is 1. The van der Waals surface area contributed by atoms with E-state index in [1.54, 1.807) is 12.1 Å². The number of nitriles is 1. The van der Waals surface area contributed by atoms with E-state index in [-0.39, 0.29) is 23.8 Å². The Balaban J connectivity index is 1.99. The molecule has 0 aliphatic rings. The molecular formula is C16H13FN2O2. The molecule has 0 saturated carbocycles. The van der Waals surface area contributed by atoms with Crippen LogP contribution in [-0.4, -0.2) is 12.5 Å². The third-order valence-electron chi connectivity index (χ3n) is 2.75. The van der Waals surface area contributed by atoms with E-state index < -0.39 is 5.82 Å². The largest absolute Gasteiger partial charge is 0.482 e. The quantitative estimate of drug-likeness (QED) is 0.938. The Morgan fingerprint density at radius 3 is 2.81 bits per heavy atom. The van der Waals surface area contributed by atoms with Crippen molar-refractivity contribution in [3.8, 4) is 11.8 Å². The maximum Gasteiger partial charge on any atom is 0.262 e. The van der Waals surface area contributed by atoms with Gasteiger partial charge in [-0.15, -0.1) is 0 Å². The zero-order valence-electron chi connectivity index (χ0n) is 11.4. The maximum absolute atomic E-state index is 13.4. The Morgan fingerprint density at radius 1 is 1.33 bits per heavy atom. The van der Waals surface area contributed by atoms with Crippen LogP contribution in [0, 0.1) is 24.1 Å². The molecule has 0 radical (unpaired) electrons. The molecule has 106 valence electrons. The summed E-state index contributed by atoms with van der Waals surface area (Å²) in [7, 11) is 0. The number of hydrogen-bond acceptors (Lipinski definition) is 3. The molecule has 0 atom stereocenters. The van der Waals surface area contributed by atoms with Gasteiger partial charge in [0.1, 0.15) is 23.2 Å². The van der Waals surface area contributed by atoms with Gasteiger partial charge in [-0.3, -0.25) is 4.79 Å². The molecule has 2 aromatic rings. The third-order valence-corrected chi connectivity index (χ3v) is 2.75. The minimum Gasteiger partial charge on any atom is -0.482 e. The smallest absolute Gasteiger partial charge is 0.262 e. The highest BCUT2D eigenvalue weighted by Crippen LogP contribution is 2.20. The van der Waals surface area contributed by atoms with Crippen molar-refractivity contribution in [1.82, 2.24) is 0 Å². The zero-order chi connectivity index (χ0) is 15.2. The van der Waals surface area contributed by atoms with Crippen LogP contribution >= 0.6 is 0 Å². The highest BCUT2D eigenvalue weighted by Gasteiger charge is 2.10. The van der Waals surface area contributed by atoms with Crippen molar-refractivity contribution in [1.29, 1.82) is 5.26 Å². The lowest BCUT2D eigenvalue weighted by Crippen LogP contribution is -2.20. The average Bonchev–Trinajstić information content (AvgIpc) is 2.45. The fraction of sp³-hybridized carbons (Fsp3) is 0.125. The first kappa shape index (κ1) is 14.5. The number of hydrogen-bond donors (Lipinski definition) is 1. The van der Waals surface area contributed by atoms with Crippen molar-refractivity contribution < 1.29 is 13.9 Å². The second-order valence-corrected chi connectivity index (χ2v) is 4.43. The monoisotopic (exact) mass is 284 g/mol. The SMILES string of the molecule is Cc1cccc(NC(=O)COc2cccc(F)c2C#N)c1. The molecule has 1 N–H and O–H groups in total. The van der Waals surface area contributed by atoms with Gasteiger partial charge in [-0.05, 0) is 36.8 Å². The maximum atomic E-state index is 13.4. The average molecular weight is 284 g/mol. The van der Waals surface area contributed by atoms with Crippen molar-refractivity contribution in [3.05, 3.63) is 59.4 Å². The van der Waals surface area contributed by atoms with Gasteiger partial charge in [-0.25, -0.2) is 4.39 Å². The van der Waals surface area contributed by atoms with Gasteiger partial charge >= 0.3 is 0 Å². The Bertz CT molecular complexity index is 708. The first-order valence-corrected chi connectivity index (χ1v) is 6.28. The Morgan fingerprint density at radius 2 is 2.10 bits per heavy atom. The molecule has 0 fully saturated rings. The molecule has 0 saturated heterocycles. The van der Waals surface area contributed by atoms with Crippen molar-refractivity contribution in [2.75, 3.05) is 11.9 Å². The summed E-state index contributed by atoms with van der Waals surface area (Å²) in [6.07, 6.45) is 0. The summed E-state index contributed by atoms with van der Waals surface area (Å²) in [5.41, 5.74) is 1.47. The highest BCUT2D eigenvalue weighted by atomic mass is 19.1. The van der Waals surface area contributed by atoms with Crippen molar-refractivity contribution in [2.24, 2.45) is 0 Å². The van der Waals surface area contributed by atoms with E-state index in [1.807, 2.05) is 25.1 Å². The van der Waals surface area contributed by atoms with E-state index in [1.165, 1.54) is 12.1 Å². The van der Waals surface area contributed by atoms with Gasteiger partial charge in [0, 0.05) is 5.69 Å². The van der Waals surface area contributed by atoms with Crippen molar-refractivity contribution in [2.45, 2.75) is 6.92 Å². The number of anilines is 1.